The van der Waals surface area contributed by atoms with Crippen molar-refractivity contribution in [3.8, 4) is 11.1 Å². The van der Waals surface area contributed by atoms with Gasteiger partial charge in [-0.1, -0.05) is 62.7 Å². The van der Waals surface area contributed by atoms with Crippen LogP contribution in [-0.4, -0.2) is 0 Å². The van der Waals surface area contributed by atoms with Crippen molar-refractivity contribution in [3.63, 3.8) is 0 Å². The maximum absolute atomic E-state index is 15.6. The van der Waals surface area contributed by atoms with Crippen LogP contribution in [0, 0.1) is 11.2 Å². The monoisotopic (exact) mass is 350 g/mol. The van der Waals surface area contributed by atoms with Crippen LogP contribution < -0.4 is 0 Å². The zero-order valence-electron chi connectivity index (χ0n) is 16.3. The number of benzene rings is 2. The molecular weight excluding hydrogens is 319 g/mol. The van der Waals surface area contributed by atoms with Gasteiger partial charge in [-0.3, -0.25) is 0 Å². The minimum atomic E-state index is 0.0293. The summed E-state index contributed by atoms with van der Waals surface area (Å²) in [7, 11) is 0. The highest BCUT2D eigenvalue weighted by atomic mass is 19.1. The summed E-state index contributed by atoms with van der Waals surface area (Å²) in [5.41, 5.74) is 4.72. The topological polar surface area (TPSA) is 0 Å². The molecule has 2 bridgehead atoms. The summed E-state index contributed by atoms with van der Waals surface area (Å²) < 4.78 is 15.6. The third-order valence-electron chi connectivity index (χ3n) is 7.43. The zero-order valence-corrected chi connectivity index (χ0v) is 16.3. The van der Waals surface area contributed by atoms with Crippen LogP contribution in [0.2, 0.25) is 0 Å². The lowest BCUT2D eigenvalue weighted by molar-refractivity contribution is 0.0304. The number of hydrogen-bond donors (Lipinski definition) is 0. The van der Waals surface area contributed by atoms with Gasteiger partial charge in [-0.05, 0) is 78.9 Å². The predicted molar refractivity (Wildman–Crippen MR) is 108 cm³/mol. The minimum absolute atomic E-state index is 0.0293. The predicted octanol–water partition coefficient (Wildman–Crippen LogP) is 7.45. The van der Waals surface area contributed by atoms with Crippen LogP contribution in [-0.2, 0) is 11.8 Å². The fraction of sp³-hybridized carbons (Fsp3) is 0.520. The first-order chi connectivity index (χ1) is 12.6. The molecule has 0 heterocycles. The van der Waals surface area contributed by atoms with Gasteiger partial charge in [0.25, 0.3) is 0 Å². The van der Waals surface area contributed by atoms with Gasteiger partial charge in [-0.2, -0.15) is 0 Å². The SMILES string of the molecule is CCCC12CCC(c3cccc(-c4ccc(CC)cc4)c3F)(CC1)CC2. The summed E-state index contributed by atoms with van der Waals surface area (Å²) >= 11 is 0. The van der Waals surface area contributed by atoms with Gasteiger partial charge in [-0.15, -0.1) is 0 Å². The van der Waals surface area contributed by atoms with Crippen LogP contribution in [0.3, 0.4) is 0 Å². The third-order valence-corrected chi connectivity index (χ3v) is 7.43. The summed E-state index contributed by atoms with van der Waals surface area (Å²) in [6.07, 6.45) is 11.0. The normalized spacial score (nSPS) is 27.7. The highest BCUT2D eigenvalue weighted by molar-refractivity contribution is 5.66. The molecule has 0 atom stereocenters. The van der Waals surface area contributed by atoms with Crippen LogP contribution in [0.25, 0.3) is 11.1 Å². The molecule has 3 fully saturated rings. The number of halogens is 1. The molecule has 0 amide bonds. The van der Waals surface area contributed by atoms with Crippen molar-refractivity contribution in [2.75, 3.05) is 0 Å². The lowest BCUT2D eigenvalue weighted by Crippen LogP contribution is -2.44. The van der Waals surface area contributed by atoms with E-state index in [-0.39, 0.29) is 11.2 Å². The Labute approximate surface area is 157 Å². The van der Waals surface area contributed by atoms with Gasteiger partial charge in [0.2, 0.25) is 0 Å². The molecule has 0 radical (unpaired) electrons. The molecule has 3 aliphatic carbocycles. The molecule has 0 aromatic heterocycles. The van der Waals surface area contributed by atoms with E-state index >= 15 is 4.39 Å². The largest absolute Gasteiger partial charge is 0.206 e. The number of fused-ring (bicyclic) bond motifs is 3. The molecule has 0 saturated heterocycles. The van der Waals surface area contributed by atoms with Crippen LogP contribution in [0.1, 0.15) is 76.3 Å². The highest BCUT2D eigenvalue weighted by Gasteiger charge is 2.49. The van der Waals surface area contributed by atoms with Crippen LogP contribution in [0.4, 0.5) is 4.39 Å². The zero-order chi connectivity index (χ0) is 18.2. The second-order valence-corrected chi connectivity index (χ2v) is 8.75. The van der Waals surface area contributed by atoms with Crippen LogP contribution in [0.15, 0.2) is 42.5 Å². The second kappa shape index (κ2) is 6.83. The van der Waals surface area contributed by atoms with Gasteiger partial charge in [0, 0.05) is 5.56 Å². The Morgan fingerprint density at radius 2 is 1.50 bits per heavy atom. The number of aryl methyl sites for hydroxylation is 1. The molecule has 0 N–H and O–H groups in total. The molecule has 26 heavy (non-hydrogen) atoms. The Bertz CT molecular complexity index is 747. The van der Waals surface area contributed by atoms with Crippen LogP contribution in [0.5, 0.6) is 0 Å². The smallest absolute Gasteiger partial charge is 0.134 e. The van der Waals surface area contributed by atoms with Gasteiger partial charge in [-0.25, -0.2) is 4.39 Å². The Balaban J connectivity index is 1.66. The molecule has 0 aliphatic heterocycles. The Kier molecular flexibility index (Phi) is 4.67. The molecule has 3 saturated carbocycles. The van der Waals surface area contributed by atoms with E-state index < -0.39 is 0 Å². The summed E-state index contributed by atoms with van der Waals surface area (Å²) in [6, 6.07) is 14.5. The van der Waals surface area contributed by atoms with E-state index in [0.29, 0.717) is 5.41 Å². The maximum Gasteiger partial charge on any atom is 0.134 e. The lowest BCUT2D eigenvalue weighted by Gasteiger charge is -2.54. The Morgan fingerprint density at radius 3 is 2.08 bits per heavy atom. The summed E-state index contributed by atoms with van der Waals surface area (Å²) in [5.74, 6) is 0.0293. The van der Waals surface area contributed by atoms with Crippen molar-refractivity contribution in [2.24, 2.45) is 5.41 Å². The van der Waals surface area contributed by atoms with E-state index in [4.69, 9.17) is 0 Å². The number of hydrogen-bond acceptors (Lipinski definition) is 0. The second-order valence-electron chi connectivity index (χ2n) is 8.75. The fourth-order valence-corrected chi connectivity index (χ4v) is 5.66. The van der Waals surface area contributed by atoms with Crippen molar-refractivity contribution in [3.05, 3.63) is 59.4 Å². The molecule has 1 heteroatoms. The molecule has 0 spiro atoms. The quantitative estimate of drug-likeness (QED) is 0.525. The minimum Gasteiger partial charge on any atom is -0.206 e. The average molecular weight is 351 g/mol. The Hall–Kier alpha value is -1.63. The first-order valence-corrected chi connectivity index (χ1v) is 10.5. The Morgan fingerprint density at radius 1 is 0.846 bits per heavy atom. The van der Waals surface area contributed by atoms with Gasteiger partial charge in [0.15, 0.2) is 0 Å². The molecule has 3 aliphatic rings. The van der Waals surface area contributed by atoms with E-state index in [1.807, 2.05) is 6.07 Å². The first kappa shape index (κ1) is 17.8. The summed E-state index contributed by atoms with van der Waals surface area (Å²) in [5, 5.41) is 0. The maximum atomic E-state index is 15.6. The molecule has 2 aromatic carbocycles. The summed E-state index contributed by atoms with van der Waals surface area (Å²) in [6.45, 7) is 4.46. The van der Waals surface area contributed by atoms with Crippen molar-refractivity contribution in [2.45, 2.75) is 77.0 Å². The summed E-state index contributed by atoms with van der Waals surface area (Å²) in [4.78, 5) is 0. The standard InChI is InChI=1S/C25H31F/c1-3-12-24-13-16-25(17-14-24,18-15-24)22-7-5-6-21(23(22)26)20-10-8-19(4-2)9-11-20/h5-11H,3-4,12-18H2,1-2H3. The van der Waals surface area contributed by atoms with Gasteiger partial charge in [0.1, 0.15) is 5.82 Å². The van der Waals surface area contributed by atoms with E-state index in [2.05, 4.69) is 50.2 Å². The third kappa shape index (κ3) is 2.90. The van der Waals surface area contributed by atoms with E-state index in [1.54, 1.807) is 0 Å². The van der Waals surface area contributed by atoms with Crippen molar-refractivity contribution >= 4 is 0 Å². The molecule has 0 nitrogen and oxygen atoms in total. The van der Waals surface area contributed by atoms with Crippen LogP contribution >= 0.6 is 0 Å². The van der Waals surface area contributed by atoms with E-state index in [9.17, 15) is 0 Å². The average Bonchev–Trinajstić information content (AvgIpc) is 2.70. The molecular formula is C25H31F. The van der Waals surface area contributed by atoms with Crippen molar-refractivity contribution < 1.29 is 4.39 Å². The van der Waals surface area contributed by atoms with Crippen molar-refractivity contribution in [1.82, 2.24) is 0 Å². The molecule has 138 valence electrons. The first-order valence-electron chi connectivity index (χ1n) is 10.5. The lowest BCUT2D eigenvalue weighted by atomic mass is 9.51. The number of rotatable bonds is 5. The van der Waals surface area contributed by atoms with Crippen molar-refractivity contribution in [1.29, 1.82) is 0 Å². The molecule has 2 aromatic rings. The molecule has 5 rings (SSSR count). The van der Waals surface area contributed by atoms with Gasteiger partial charge < -0.3 is 0 Å². The van der Waals surface area contributed by atoms with E-state index in [0.717, 1.165) is 23.1 Å². The van der Waals surface area contributed by atoms with Gasteiger partial charge >= 0.3 is 0 Å². The highest BCUT2D eigenvalue weighted by Crippen LogP contribution is 2.60. The fourth-order valence-electron chi connectivity index (χ4n) is 5.66. The molecule has 0 unspecified atom stereocenters. The van der Waals surface area contributed by atoms with Gasteiger partial charge in [0.05, 0.1) is 0 Å². The van der Waals surface area contributed by atoms with E-state index in [1.165, 1.54) is 56.9 Å².